The van der Waals surface area contributed by atoms with Gasteiger partial charge in [0.15, 0.2) is 0 Å². The van der Waals surface area contributed by atoms with Crippen LogP contribution in [0.25, 0.3) is 0 Å². The molecular formula is C6H14N2. The SMILES string of the molecule is C/C=C\CC(N)NC. The molecule has 0 amide bonds. The van der Waals surface area contributed by atoms with Gasteiger partial charge in [-0.2, -0.15) is 0 Å². The Balaban J connectivity index is 3.10. The van der Waals surface area contributed by atoms with Gasteiger partial charge in [-0.25, -0.2) is 0 Å². The normalized spacial score (nSPS) is 14.9. The van der Waals surface area contributed by atoms with Crippen LogP contribution in [0.2, 0.25) is 0 Å². The van der Waals surface area contributed by atoms with Gasteiger partial charge in [0, 0.05) is 0 Å². The summed E-state index contributed by atoms with van der Waals surface area (Å²) in [5.41, 5.74) is 5.50. The van der Waals surface area contributed by atoms with E-state index in [1.54, 1.807) is 0 Å². The van der Waals surface area contributed by atoms with Crippen LogP contribution in [0, 0.1) is 0 Å². The summed E-state index contributed by atoms with van der Waals surface area (Å²) >= 11 is 0. The van der Waals surface area contributed by atoms with E-state index < -0.39 is 0 Å². The third kappa shape index (κ3) is 3.84. The van der Waals surface area contributed by atoms with Gasteiger partial charge < -0.3 is 11.1 Å². The maximum absolute atomic E-state index is 5.50. The van der Waals surface area contributed by atoms with Crippen LogP contribution in [0.1, 0.15) is 13.3 Å². The molecule has 0 aromatic rings. The van der Waals surface area contributed by atoms with E-state index >= 15 is 0 Å². The maximum Gasteiger partial charge on any atom is 0.0579 e. The molecule has 0 aliphatic carbocycles. The van der Waals surface area contributed by atoms with Crippen molar-refractivity contribution in [2.24, 2.45) is 5.73 Å². The van der Waals surface area contributed by atoms with E-state index in [0.717, 1.165) is 6.42 Å². The zero-order valence-electron chi connectivity index (χ0n) is 5.52. The van der Waals surface area contributed by atoms with E-state index in [0.29, 0.717) is 0 Å². The monoisotopic (exact) mass is 114 g/mol. The molecule has 0 spiro atoms. The molecule has 0 bridgehead atoms. The molecule has 1 atom stereocenters. The summed E-state index contributed by atoms with van der Waals surface area (Å²) in [5.74, 6) is 0. The van der Waals surface area contributed by atoms with Gasteiger partial charge in [-0.15, -0.1) is 0 Å². The average Bonchev–Trinajstić information content (AvgIpc) is 1.83. The van der Waals surface area contributed by atoms with Crippen molar-refractivity contribution in [3.8, 4) is 0 Å². The number of allylic oxidation sites excluding steroid dienone is 1. The molecule has 0 aliphatic heterocycles. The second-order valence-corrected chi connectivity index (χ2v) is 1.70. The third-order valence-corrected chi connectivity index (χ3v) is 0.997. The summed E-state index contributed by atoms with van der Waals surface area (Å²) in [6.07, 6.45) is 5.07. The van der Waals surface area contributed by atoms with Gasteiger partial charge in [0.1, 0.15) is 0 Å². The van der Waals surface area contributed by atoms with Crippen molar-refractivity contribution in [2.75, 3.05) is 7.05 Å². The molecule has 0 rings (SSSR count). The summed E-state index contributed by atoms with van der Waals surface area (Å²) in [5, 5.41) is 2.93. The molecule has 3 N–H and O–H groups in total. The highest BCUT2D eigenvalue weighted by atomic mass is 15.0. The van der Waals surface area contributed by atoms with Gasteiger partial charge in [0.05, 0.1) is 6.17 Å². The minimum absolute atomic E-state index is 0.117. The van der Waals surface area contributed by atoms with E-state index in [4.69, 9.17) is 5.73 Å². The first-order chi connectivity index (χ1) is 3.81. The van der Waals surface area contributed by atoms with E-state index in [2.05, 4.69) is 5.32 Å². The fourth-order valence-corrected chi connectivity index (χ4v) is 0.401. The molecule has 0 saturated carbocycles. The lowest BCUT2D eigenvalue weighted by molar-refractivity contribution is 0.592. The lowest BCUT2D eigenvalue weighted by atomic mass is 10.3. The third-order valence-electron chi connectivity index (χ3n) is 0.997. The smallest absolute Gasteiger partial charge is 0.0579 e. The molecule has 8 heavy (non-hydrogen) atoms. The number of hydrogen-bond acceptors (Lipinski definition) is 2. The molecule has 0 fully saturated rings. The molecule has 2 nitrogen and oxygen atoms in total. The first kappa shape index (κ1) is 7.66. The number of hydrogen-bond donors (Lipinski definition) is 2. The number of rotatable bonds is 3. The van der Waals surface area contributed by atoms with Crippen LogP contribution in [0.3, 0.4) is 0 Å². The summed E-state index contributed by atoms with van der Waals surface area (Å²) in [7, 11) is 1.86. The van der Waals surface area contributed by atoms with Gasteiger partial charge in [-0.05, 0) is 20.4 Å². The summed E-state index contributed by atoms with van der Waals surface area (Å²) in [6, 6.07) is 0. The fraction of sp³-hybridized carbons (Fsp3) is 0.667. The van der Waals surface area contributed by atoms with Crippen molar-refractivity contribution >= 4 is 0 Å². The van der Waals surface area contributed by atoms with Crippen molar-refractivity contribution in [1.82, 2.24) is 5.32 Å². The van der Waals surface area contributed by atoms with Crippen molar-refractivity contribution in [2.45, 2.75) is 19.5 Å². The Bertz CT molecular complexity index is 68.9. The van der Waals surface area contributed by atoms with Crippen LogP contribution in [0.15, 0.2) is 12.2 Å². The highest BCUT2D eigenvalue weighted by Gasteiger charge is 1.89. The zero-order chi connectivity index (χ0) is 6.41. The molecule has 0 aromatic heterocycles. The van der Waals surface area contributed by atoms with Gasteiger partial charge in [-0.1, -0.05) is 12.2 Å². The number of nitrogens with two attached hydrogens (primary N) is 1. The van der Waals surface area contributed by atoms with Crippen LogP contribution in [0.4, 0.5) is 0 Å². The lowest BCUT2D eigenvalue weighted by Gasteiger charge is -2.04. The molecule has 48 valence electrons. The molecule has 0 radical (unpaired) electrons. The summed E-state index contributed by atoms with van der Waals surface area (Å²) < 4.78 is 0. The Morgan fingerprint density at radius 1 is 1.75 bits per heavy atom. The Morgan fingerprint density at radius 2 is 2.38 bits per heavy atom. The van der Waals surface area contributed by atoms with E-state index in [-0.39, 0.29) is 6.17 Å². The predicted octanol–water partition coefficient (Wildman–Crippen LogP) is 0.457. The van der Waals surface area contributed by atoms with Gasteiger partial charge in [0.25, 0.3) is 0 Å². The van der Waals surface area contributed by atoms with Crippen LogP contribution in [-0.2, 0) is 0 Å². The molecule has 1 unspecified atom stereocenters. The second-order valence-electron chi connectivity index (χ2n) is 1.70. The van der Waals surface area contributed by atoms with Crippen LogP contribution in [0.5, 0.6) is 0 Å². The lowest BCUT2D eigenvalue weighted by Crippen LogP contribution is -2.33. The van der Waals surface area contributed by atoms with Gasteiger partial charge in [-0.3, -0.25) is 0 Å². The minimum Gasteiger partial charge on any atom is -0.316 e. The number of nitrogens with one attached hydrogen (secondary N) is 1. The predicted molar refractivity (Wildman–Crippen MR) is 36.5 cm³/mol. The quantitative estimate of drug-likeness (QED) is 0.413. The first-order valence-electron chi connectivity index (χ1n) is 2.85. The Labute approximate surface area is 50.8 Å². The molecule has 0 aliphatic rings. The highest BCUT2D eigenvalue weighted by molar-refractivity contribution is 4.80. The van der Waals surface area contributed by atoms with Crippen molar-refractivity contribution in [1.29, 1.82) is 0 Å². The van der Waals surface area contributed by atoms with Crippen LogP contribution < -0.4 is 11.1 Å². The average molecular weight is 114 g/mol. The van der Waals surface area contributed by atoms with Crippen LogP contribution in [-0.4, -0.2) is 13.2 Å². The summed E-state index contributed by atoms with van der Waals surface area (Å²) in [6.45, 7) is 1.99. The van der Waals surface area contributed by atoms with Crippen molar-refractivity contribution < 1.29 is 0 Å². The Morgan fingerprint density at radius 3 is 2.75 bits per heavy atom. The molecular weight excluding hydrogens is 100 g/mol. The van der Waals surface area contributed by atoms with E-state index in [1.165, 1.54) is 0 Å². The second kappa shape index (κ2) is 4.81. The van der Waals surface area contributed by atoms with E-state index in [1.807, 2.05) is 26.1 Å². The van der Waals surface area contributed by atoms with Gasteiger partial charge in [0.2, 0.25) is 0 Å². The minimum atomic E-state index is 0.117. The Hall–Kier alpha value is -0.340. The van der Waals surface area contributed by atoms with Crippen molar-refractivity contribution in [3.63, 3.8) is 0 Å². The largest absolute Gasteiger partial charge is 0.316 e. The van der Waals surface area contributed by atoms with Gasteiger partial charge >= 0.3 is 0 Å². The summed E-state index contributed by atoms with van der Waals surface area (Å²) in [4.78, 5) is 0. The highest BCUT2D eigenvalue weighted by Crippen LogP contribution is 1.83. The first-order valence-corrected chi connectivity index (χ1v) is 2.85. The molecule has 0 aromatic carbocycles. The molecule has 2 heteroatoms. The molecule has 0 saturated heterocycles. The topological polar surface area (TPSA) is 38.0 Å². The molecule has 0 heterocycles. The van der Waals surface area contributed by atoms with E-state index in [9.17, 15) is 0 Å². The van der Waals surface area contributed by atoms with Crippen molar-refractivity contribution in [3.05, 3.63) is 12.2 Å². The van der Waals surface area contributed by atoms with Crippen LogP contribution >= 0.6 is 0 Å². The zero-order valence-corrected chi connectivity index (χ0v) is 5.52. The Kier molecular flexibility index (Phi) is 4.61. The maximum atomic E-state index is 5.50. The fourth-order valence-electron chi connectivity index (χ4n) is 0.401. The standard InChI is InChI=1S/C6H14N2/c1-3-4-5-6(7)8-2/h3-4,6,8H,5,7H2,1-2H3/b4-3-.